The topological polar surface area (TPSA) is 0 Å². The molecule has 0 aliphatic rings. The lowest BCUT2D eigenvalue weighted by atomic mass is 9.94. The molecule has 96 valence electrons. The van der Waals surface area contributed by atoms with Crippen LogP contribution in [0, 0.1) is 5.92 Å². The van der Waals surface area contributed by atoms with Gasteiger partial charge in [0, 0.05) is 0 Å². The fourth-order valence-corrected chi connectivity index (χ4v) is 2.11. The third-order valence-electron chi connectivity index (χ3n) is 2.85. The molecule has 0 heterocycles. The summed E-state index contributed by atoms with van der Waals surface area (Å²) in [5.74, 6) is 0.699. The first kappa shape index (κ1) is 14.5. The van der Waals surface area contributed by atoms with Crippen LogP contribution >= 0.6 is 0 Å². The van der Waals surface area contributed by atoms with E-state index in [1.165, 1.54) is 11.1 Å². The molecule has 0 saturated carbocycles. The molecule has 0 amide bonds. The number of benzene rings is 2. The Morgan fingerprint density at radius 2 is 1.00 bits per heavy atom. The summed E-state index contributed by atoms with van der Waals surface area (Å²) in [4.78, 5) is 0. The summed E-state index contributed by atoms with van der Waals surface area (Å²) in [6, 6.07) is 21.5. The average molecular weight is 240 g/mol. The van der Waals surface area contributed by atoms with Crippen LogP contribution in [0.2, 0.25) is 0 Å². The van der Waals surface area contributed by atoms with Crippen molar-refractivity contribution in [2.75, 3.05) is 0 Å². The number of hydrogen-bond acceptors (Lipinski definition) is 0. The van der Waals surface area contributed by atoms with Crippen LogP contribution in [0.25, 0.3) is 0 Å². The monoisotopic (exact) mass is 240 g/mol. The lowest BCUT2D eigenvalue weighted by molar-refractivity contribution is 0.577. The molecule has 0 aliphatic heterocycles. The highest BCUT2D eigenvalue weighted by atomic mass is 14.1. The van der Waals surface area contributed by atoms with Crippen LogP contribution in [0.1, 0.15) is 31.9 Å². The smallest absolute Gasteiger partial charge is 0.0250 e. The van der Waals surface area contributed by atoms with Crippen molar-refractivity contribution in [3.05, 3.63) is 71.8 Å². The molecule has 0 radical (unpaired) electrons. The lowest BCUT2D eigenvalue weighted by Gasteiger charge is -2.11. The van der Waals surface area contributed by atoms with Gasteiger partial charge in [-0.15, -0.1) is 0 Å². The largest absolute Gasteiger partial charge is 0.0683 e. The Morgan fingerprint density at radius 3 is 1.33 bits per heavy atom. The summed E-state index contributed by atoms with van der Waals surface area (Å²) in [7, 11) is 0. The first-order valence-corrected chi connectivity index (χ1v) is 6.92. The van der Waals surface area contributed by atoms with Gasteiger partial charge in [0.1, 0.15) is 0 Å². The highest BCUT2D eigenvalue weighted by Crippen LogP contribution is 2.13. The van der Waals surface area contributed by atoms with Crippen molar-refractivity contribution in [2.24, 2.45) is 5.92 Å². The minimum atomic E-state index is 0.699. The van der Waals surface area contributed by atoms with Gasteiger partial charge in [-0.1, -0.05) is 81.4 Å². The zero-order valence-corrected chi connectivity index (χ0v) is 11.8. The zero-order chi connectivity index (χ0) is 13.2. The van der Waals surface area contributed by atoms with Gasteiger partial charge in [0.15, 0.2) is 0 Å². The van der Waals surface area contributed by atoms with Gasteiger partial charge >= 0.3 is 0 Å². The second-order valence-corrected chi connectivity index (χ2v) is 4.48. The van der Waals surface area contributed by atoms with E-state index in [2.05, 4.69) is 67.6 Å². The van der Waals surface area contributed by atoms with Crippen LogP contribution in [0.5, 0.6) is 0 Å². The zero-order valence-electron chi connectivity index (χ0n) is 11.8. The normalized spacial score (nSPS) is 9.78. The van der Waals surface area contributed by atoms with E-state index >= 15 is 0 Å². The van der Waals surface area contributed by atoms with Gasteiger partial charge in [-0.2, -0.15) is 0 Å². The van der Waals surface area contributed by atoms with Crippen LogP contribution in [0.3, 0.4) is 0 Å². The fourth-order valence-electron chi connectivity index (χ4n) is 2.11. The van der Waals surface area contributed by atoms with E-state index in [1.54, 1.807) is 0 Å². The van der Waals surface area contributed by atoms with Gasteiger partial charge in [-0.3, -0.25) is 0 Å². The molecule has 2 rings (SSSR count). The molecule has 0 spiro atoms. The molecule has 0 aromatic heterocycles. The summed E-state index contributed by atoms with van der Waals surface area (Å²) in [6.07, 6.45) is 2.32. The maximum Gasteiger partial charge on any atom is -0.0250 e. The molecule has 0 bridgehead atoms. The van der Waals surface area contributed by atoms with Crippen molar-refractivity contribution in [1.82, 2.24) is 0 Å². The Balaban J connectivity index is 0.000000771. The van der Waals surface area contributed by atoms with Crippen molar-refractivity contribution in [3.8, 4) is 0 Å². The Hall–Kier alpha value is -1.56. The van der Waals surface area contributed by atoms with Gasteiger partial charge < -0.3 is 0 Å². The minimum absolute atomic E-state index is 0.699. The molecule has 18 heavy (non-hydrogen) atoms. The molecule has 0 N–H and O–H groups in total. The van der Waals surface area contributed by atoms with Crippen LogP contribution in [-0.4, -0.2) is 0 Å². The predicted molar refractivity (Wildman–Crippen MR) is 80.8 cm³/mol. The standard InChI is InChI=1S/C16H18.C2H6/c1-14(12-15-8-4-2-5-9-15)13-16-10-6-3-7-11-16;1-2/h2-11,14H,12-13H2,1H3;1-2H3. The number of hydrogen-bond donors (Lipinski definition) is 0. The van der Waals surface area contributed by atoms with Crippen molar-refractivity contribution in [2.45, 2.75) is 33.6 Å². The number of rotatable bonds is 4. The molecule has 0 unspecified atom stereocenters. The summed E-state index contributed by atoms with van der Waals surface area (Å²) >= 11 is 0. The maximum atomic E-state index is 2.32. The minimum Gasteiger partial charge on any atom is -0.0683 e. The molecular formula is C18H24. The molecule has 0 heteroatoms. The van der Waals surface area contributed by atoms with E-state index in [1.807, 2.05) is 13.8 Å². The van der Waals surface area contributed by atoms with Gasteiger partial charge in [0.05, 0.1) is 0 Å². The second-order valence-electron chi connectivity index (χ2n) is 4.48. The first-order valence-electron chi connectivity index (χ1n) is 6.92. The van der Waals surface area contributed by atoms with E-state index in [0.717, 1.165) is 12.8 Å². The Bertz CT molecular complexity index is 361. The third-order valence-corrected chi connectivity index (χ3v) is 2.85. The van der Waals surface area contributed by atoms with E-state index in [4.69, 9.17) is 0 Å². The quantitative estimate of drug-likeness (QED) is 0.694. The van der Waals surface area contributed by atoms with Crippen molar-refractivity contribution < 1.29 is 0 Å². The third kappa shape index (κ3) is 5.18. The van der Waals surface area contributed by atoms with Gasteiger partial charge in [0.25, 0.3) is 0 Å². The molecular weight excluding hydrogens is 216 g/mol. The second kappa shape index (κ2) is 8.52. The summed E-state index contributed by atoms with van der Waals surface area (Å²) in [5, 5.41) is 0. The molecule has 0 saturated heterocycles. The van der Waals surface area contributed by atoms with Crippen LogP contribution in [0.15, 0.2) is 60.7 Å². The molecule has 0 atom stereocenters. The predicted octanol–water partition coefficient (Wildman–Crippen LogP) is 5.13. The summed E-state index contributed by atoms with van der Waals surface area (Å²) in [6.45, 7) is 6.32. The van der Waals surface area contributed by atoms with Gasteiger partial charge in [-0.05, 0) is 29.9 Å². The van der Waals surface area contributed by atoms with E-state index in [-0.39, 0.29) is 0 Å². The molecule has 0 aliphatic carbocycles. The van der Waals surface area contributed by atoms with E-state index < -0.39 is 0 Å². The Kier molecular flexibility index (Phi) is 6.86. The van der Waals surface area contributed by atoms with Crippen molar-refractivity contribution in [1.29, 1.82) is 0 Å². The fraction of sp³-hybridized carbons (Fsp3) is 0.333. The maximum absolute atomic E-state index is 2.32. The van der Waals surface area contributed by atoms with Crippen molar-refractivity contribution in [3.63, 3.8) is 0 Å². The molecule has 2 aromatic rings. The van der Waals surface area contributed by atoms with Gasteiger partial charge in [-0.25, -0.2) is 0 Å². The van der Waals surface area contributed by atoms with E-state index in [0.29, 0.717) is 5.92 Å². The van der Waals surface area contributed by atoms with Crippen molar-refractivity contribution >= 4 is 0 Å². The Morgan fingerprint density at radius 1 is 0.667 bits per heavy atom. The molecule has 0 fully saturated rings. The van der Waals surface area contributed by atoms with Crippen LogP contribution in [-0.2, 0) is 12.8 Å². The lowest BCUT2D eigenvalue weighted by Crippen LogP contribution is -2.03. The molecule has 2 aromatic carbocycles. The van der Waals surface area contributed by atoms with E-state index in [9.17, 15) is 0 Å². The first-order chi connectivity index (χ1) is 8.84. The van der Waals surface area contributed by atoms with Crippen LogP contribution in [0.4, 0.5) is 0 Å². The average Bonchev–Trinajstić information content (AvgIpc) is 2.43. The molecule has 0 nitrogen and oxygen atoms in total. The van der Waals surface area contributed by atoms with Crippen LogP contribution < -0.4 is 0 Å². The SMILES string of the molecule is CC.CC(Cc1ccccc1)Cc1ccccc1. The highest BCUT2D eigenvalue weighted by molar-refractivity contribution is 5.18. The highest BCUT2D eigenvalue weighted by Gasteiger charge is 2.04. The summed E-state index contributed by atoms with van der Waals surface area (Å²) in [5.41, 5.74) is 2.87. The van der Waals surface area contributed by atoms with Gasteiger partial charge in [0.2, 0.25) is 0 Å². The Labute approximate surface area is 112 Å². The summed E-state index contributed by atoms with van der Waals surface area (Å²) < 4.78 is 0.